The SMILES string of the molecule is [O-][S+](c1cc[c]nc1)C(F)(F)F. The summed E-state index contributed by atoms with van der Waals surface area (Å²) in [6.07, 6.45) is 3.17. The number of rotatable bonds is 1. The van der Waals surface area contributed by atoms with Crippen molar-refractivity contribution in [1.82, 2.24) is 4.98 Å². The van der Waals surface area contributed by atoms with Gasteiger partial charge in [0.1, 0.15) is 11.2 Å². The third kappa shape index (κ3) is 2.12. The van der Waals surface area contributed by atoms with E-state index in [-0.39, 0.29) is 4.90 Å². The van der Waals surface area contributed by atoms with Crippen LogP contribution < -0.4 is 0 Å². The summed E-state index contributed by atoms with van der Waals surface area (Å²) in [4.78, 5) is 2.94. The zero-order valence-electron chi connectivity index (χ0n) is 5.63. The van der Waals surface area contributed by atoms with E-state index in [0.29, 0.717) is 0 Å². The lowest BCUT2D eigenvalue weighted by Crippen LogP contribution is -2.23. The molecule has 0 saturated carbocycles. The fourth-order valence-electron chi connectivity index (χ4n) is 0.550. The normalized spacial score (nSPS) is 14.3. The maximum atomic E-state index is 11.8. The molecular weight excluding hydrogens is 191 g/mol. The molecule has 1 unspecified atom stereocenters. The molecule has 1 aromatic heterocycles. The highest BCUT2D eigenvalue weighted by molar-refractivity contribution is 7.92. The molecule has 1 radical (unpaired) electrons. The molecule has 0 bridgehead atoms. The monoisotopic (exact) mass is 194 g/mol. The topological polar surface area (TPSA) is 36.0 Å². The van der Waals surface area contributed by atoms with Crippen molar-refractivity contribution in [3.8, 4) is 0 Å². The average Bonchev–Trinajstić information content (AvgIpc) is 2.03. The predicted molar refractivity (Wildman–Crippen MR) is 35.5 cm³/mol. The first-order chi connectivity index (χ1) is 5.52. The van der Waals surface area contributed by atoms with Gasteiger partial charge in [0.15, 0.2) is 4.90 Å². The lowest BCUT2D eigenvalue weighted by molar-refractivity contribution is -0.0435. The Morgan fingerprint density at radius 1 is 1.50 bits per heavy atom. The molecule has 0 saturated heterocycles. The fourth-order valence-corrected chi connectivity index (χ4v) is 1.16. The van der Waals surface area contributed by atoms with Gasteiger partial charge in [0.05, 0.1) is 12.4 Å². The van der Waals surface area contributed by atoms with Crippen LogP contribution in [-0.4, -0.2) is 15.0 Å². The summed E-state index contributed by atoms with van der Waals surface area (Å²) in [6.45, 7) is 0. The largest absolute Gasteiger partial charge is 0.604 e. The fraction of sp³-hybridized carbons (Fsp3) is 0.167. The van der Waals surface area contributed by atoms with Crippen molar-refractivity contribution in [2.75, 3.05) is 0 Å². The number of aromatic nitrogens is 1. The summed E-state index contributed by atoms with van der Waals surface area (Å²) in [5, 5.41) is 0. The van der Waals surface area contributed by atoms with Crippen molar-refractivity contribution in [2.24, 2.45) is 0 Å². The Labute approximate surface area is 69.6 Å². The Balaban J connectivity index is 2.86. The van der Waals surface area contributed by atoms with Gasteiger partial charge in [-0.1, -0.05) is 0 Å². The van der Waals surface area contributed by atoms with Crippen molar-refractivity contribution in [3.63, 3.8) is 0 Å². The Kier molecular flexibility index (Phi) is 2.58. The van der Waals surface area contributed by atoms with Crippen LogP contribution in [0.2, 0.25) is 0 Å². The second kappa shape index (κ2) is 3.32. The van der Waals surface area contributed by atoms with Gasteiger partial charge in [-0.05, 0) is 12.1 Å². The van der Waals surface area contributed by atoms with Gasteiger partial charge in [0.2, 0.25) is 0 Å². The Hall–Kier alpha value is -0.750. The van der Waals surface area contributed by atoms with E-state index in [9.17, 15) is 17.7 Å². The molecule has 12 heavy (non-hydrogen) atoms. The van der Waals surface area contributed by atoms with E-state index in [2.05, 4.69) is 11.2 Å². The van der Waals surface area contributed by atoms with E-state index in [0.717, 1.165) is 12.3 Å². The Morgan fingerprint density at radius 2 is 2.17 bits per heavy atom. The van der Waals surface area contributed by atoms with Crippen molar-refractivity contribution >= 4 is 11.2 Å². The smallest absolute Gasteiger partial charge is 0.578 e. The Morgan fingerprint density at radius 3 is 2.58 bits per heavy atom. The van der Waals surface area contributed by atoms with Crippen molar-refractivity contribution < 1.29 is 17.7 Å². The lowest BCUT2D eigenvalue weighted by atomic mass is 10.5. The van der Waals surface area contributed by atoms with Crippen LogP contribution in [0.25, 0.3) is 0 Å². The van der Waals surface area contributed by atoms with E-state index < -0.39 is 16.7 Å². The molecule has 0 fully saturated rings. The molecule has 0 amide bonds. The Bertz CT molecular complexity index is 251. The second-order valence-corrected chi connectivity index (χ2v) is 3.31. The zero-order valence-corrected chi connectivity index (χ0v) is 6.45. The minimum atomic E-state index is -4.72. The summed E-state index contributed by atoms with van der Waals surface area (Å²) < 4.78 is 46.0. The summed E-state index contributed by atoms with van der Waals surface area (Å²) in [6, 6.07) is 2.25. The predicted octanol–water partition coefficient (Wildman–Crippen LogP) is 1.51. The van der Waals surface area contributed by atoms with E-state index in [1.165, 1.54) is 6.07 Å². The number of halogens is 3. The van der Waals surface area contributed by atoms with Crippen molar-refractivity contribution in [1.29, 1.82) is 0 Å². The highest BCUT2D eigenvalue weighted by atomic mass is 32.2. The molecular formula is C6H3F3NOS. The quantitative estimate of drug-likeness (QED) is 0.635. The number of hydrogen-bond acceptors (Lipinski definition) is 2. The molecule has 0 aliphatic rings. The first-order valence-electron chi connectivity index (χ1n) is 2.82. The number of nitrogens with zero attached hydrogens (tertiary/aromatic N) is 1. The summed E-state index contributed by atoms with van der Waals surface area (Å²) in [7, 11) is 0. The molecule has 0 spiro atoms. The third-order valence-corrected chi connectivity index (χ3v) is 2.10. The van der Waals surface area contributed by atoms with Crippen LogP contribution in [0.3, 0.4) is 0 Å². The molecule has 6 heteroatoms. The molecule has 2 nitrogen and oxygen atoms in total. The van der Waals surface area contributed by atoms with Crippen LogP contribution in [0.15, 0.2) is 23.2 Å². The molecule has 1 heterocycles. The molecule has 1 atom stereocenters. The first kappa shape index (κ1) is 9.34. The lowest BCUT2D eigenvalue weighted by Gasteiger charge is -2.10. The van der Waals surface area contributed by atoms with E-state index in [1.807, 2.05) is 0 Å². The third-order valence-electron chi connectivity index (χ3n) is 1.01. The highest BCUT2D eigenvalue weighted by Crippen LogP contribution is 2.29. The van der Waals surface area contributed by atoms with E-state index in [1.54, 1.807) is 0 Å². The minimum Gasteiger partial charge on any atom is -0.604 e. The van der Waals surface area contributed by atoms with Crippen LogP contribution >= 0.6 is 0 Å². The minimum absolute atomic E-state index is 0.360. The number of hydrogen-bond donors (Lipinski definition) is 0. The molecule has 0 aliphatic heterocycles. The number of alkyl halides is 3. The molecule has 0 N–H and O–H groups in total. The molecule has 0 aliphatic carbocycles. The maximum absolute atomic E-state index is 11.8. The average molecular weight is 194 g/mol. The van der Waals surface area contributed by atoms with Gasteiger partial charge in [-0.3, -0.25) is 0 Å². The van der Waals surface area contributed by atoms with Crippen LogP contribution in [0, 0.1) is 6.20 Å². The van der Waals surface area contributed by atoms with E-state index in [4.69, 9.17) is 0 Å². The van der Waals surface area contributed by atoms with Gasteiger partial charge in [0.25, 0.3) is 0 Å². The second-order valence-electron chi connectivity index (χ2n) is 1.84. The van der Waals surface area contributed by atoms with Crippen LogP contribution in [0.5, 0.6) is 0 Å². The van der Waals surface area contributed by atoms with Gasteiger partial charge in [-0.25, -0.2) is 4.98 Å². The highest BCUT2D eigenvalue weighted by Gasteiger charge is 2.46. The standard InChI is InChI=1S/C6H3F3NOS/c7-6(8,9)12(11)5-2-1-3-10-4-5/h1-2,4H. The summed E-state index contributed by atoms with van der Waals surface area (Å²) in [5.41, 5.74) is -4.72. The van der Waals surface area contributed by atoms with E-state index >= 15 is 0 Å². The van der Waals surface area contributed by atoms with Crippen LogP contribution in [0.4, 0.5) is 13.2 Å². The first-order valence-corrected chi connectivity index (χ1v) is 3.97. The van der Waals surface area contributed by atoms with Gasteiger partial charge < -0.3 is 4.55 Å². The van der Waals surface area contributed by atoms with Crippen molar-refractivity contribution in [3.05, 3.63) is 24.5 Å². The molecule has 1 aromatic rings. The number of pyridine rings is 1. The molecule has 0 aromatic carbocycles. The van der Waals surface area contributed by atoms with Gasteiger partial charge in [-0.2, -0.15) is 0 Å². The van der Waals surface area contributed by atoms with Gasteiger partial charge in [0, 0.05) is 0 Å². The maximum Gasteiger partial charge on any atom is 0.578 e. The summed E-state index contributed by atoms with van der Waals surface area (Å²) in [5.74, 6) is 0. The summed E-state index contributed by atoms with van der Waals surface area (Å²) >= 11 is -2.98. The molecule has 1 rings (SSSR count). The molecule has 65 valence electrons. The van der Waals surface area contributed by atoms with Gasteiger partial charge >= 0.3 is 5.51 Å². The van der Waals surface area contributed by atoms with Crippen molar-refractivity contribution in [2.45, 2.75) is 10.4 Å². The van der Waals surface area contributed by atoms with Crippen LogP contribution in [0.1, 0.15) is 0 Å². The zero-order chi connectivity index (χ0) is 9.19. The van der Waals surface area contributed by atoms with Crippen LogP contribution in [-0.2, 0) is 11.2 Å². The van der Waals surface area contributed by atoms with Gasteiger partial charge in [-0.15, -0.1) is 13.2 Å².